The van der Waals surface area contributed by atoms with Crippen molar-refractivity contribution in [3.05, 3.63) is 36.5 Å². The van der Waals surface area contributed by atoms with Crippen molar-refractivity contribution in [1.29, 1.82) is 0 Å². The zero-order chi connectivity index (χ0) is 33.3. The molecule has 0 saturated carbocycles. The second-order valence-corrected chi connectivity index (χ2v) is 12.9. The zero-order valence-corrected chi connectivity index (χ0v) is 29.2. The van der Waals surface area contributed by atoms with Crippen molar-refractivity contribution in [1.82, 2.24) is 5.32 Å². The molecule has 0 aromatic rings. The molecule has 3 N–H and O–H groups in total. The molecule has 9 nitrogen and oxygen atoms in total. The van der Waals surface area contributed by atoms with Crippen molar-refractivity contribution < 1.29 is 37.9 Å². The third-order valence-electron chi connectivity index (χ3n) is 7.02. The predicted octanol–water partition coefficient (Wildman–Crippen LogP) is 8.65. The number of amides is 1. The summed E-state index contributed by atoms with van der Waals surface area (Å²) in [5.74, 6) is -0.546. The van der Waals surface area contributed by atoms with E-state index in [9.17, 15) is 24.2 Å². The monoisotopic (exact) mass is 657 g/mol. The molecule has 0 radical (unpaired) electrons. The molecule has 0 rings (SSSR count). The van der Waals surface area contributed by atoms with Gasteiger partial charge in [-0.2, -0.15) is 0 Å². The van der Waals surface area contributed by atoms with Gasteiger partial charge in [-0.3, -0.25) is 18.6 Å². The number of carbonyl (C=O) groups excluding carboxylic acids is 2. The molecule has 10 heteroatoms. The summed E-state index contributed by atoms with van der Waals surface area (Å²) >= 11 is 0. The summed E-state index contributed by atoms with van der Waals surface area (Å²) in [5, 5.41) is 12.6. The van der Waals surface area contributed by atoms with Gasteiger partial charge >= 0.3 is 13.8 Å². The first-order valence-electron chi connectivity index (χ1n) is 17.5. The predicted molar refractivity (Wildman–Crippen MR) is 183 cm³/mol. The van der Waals surface area contributed by atoms with Crippen LogP contribution in [0, 0.1) is 0 Å². The molecule has 262 valence electrons. The van der Waals surface area contributed by atoms with Gasteiger partial charge in [-0.05, 0) is 57.8 Å². The van der Waals surface area contributed by atoms with Gasteiger partial charge in [-0.25, -0.2) is 4.57 Å². The minimum absolute atomic E-state index is 0.0747. The Morgan fingerprint density at radius 1 is 0.689 bits per heavy atom. The first-order chi connectivity index (χ1) is 21.8. The van der Waals surface area contributed by atoms with E-state index in [0.29, 0.717) is 6.42 Å². The van der Waals surface area contributed by atoms with Gasteiger partial charge in [0.2, 0.25) is 5.91 Å². The van der Waals surface area contributed by atoms with Crippen molar-refractivity contribution in [2.45, 2.75) is 148 Å². The average molecular weight is 658 g/mol. The molecule has 2 atom stereocenters. The van der Waals surface area contributed by atoms with Crippen LogP contribution in [0.1, 0.15) is 142 Å². The number of rotatable bonds is 32. The van der Waals surface area contributed by atoms with Gasteiger partial charge in [0.15, 0.2) is 0 Å². The first-order valence-corrected chi connectivity index (χ1v) is 19.0. The van der Waals surface area contributed by atoms with E-state index in [4.69, 9.17) is 13.8 Å². The quantitative estimate of drug-likeness (QED) is 0.0284. The maximum Gasteiger partial charge on any atom is 0.472 e. The van der Waals surface area contributed by atoms with Crippen LogP contribution in [0.3, 0.4) is 0 Å². The van der Waals surface area contributed by atoms with E-state index in [-0.39, 0.29) is 32.1 Å². The molecule has 0 heterocycles. The third kappa shape index (κ3) is 33.4. The maximum atomic E-state index is 12.0. The molecule has 2 unspecified atom stereocenters. The fourth-order valence-electron chi connectivity index (χ4n) is 4.34. The van der Waals surface area contributed by atoms with Crippen LogP contribution in [0.2, 0.25) is 0 Å². The van der Waals surface area contributed by atoms with E-state index >= 15 is 0 Å². The largest absolute Gasteiger partial charge is 0.472 e. The van der Waals surface area contributed by atoms with E-state index in [0.717, 1.165) is 83.5 Å². The summed E-state index contributed by atoms with van der Waals surface area (Å²) in [6.45, 7) is 3.39. The fourth-order valence-corrected chi connectivity index (χ4v) is 5.09. The second-order valence-electron chi connectivity index (χ2n) is 11.5. The Bertz CT molecular complexity index is 846. The maximum absolute atomic E-state index is 12.0. The number of esters is 1. The Kier molecular flexibility index (Phi) is 30.9. The van der Waals surface area contributed by atoms with Gasteiger partial charge in [-0.15, -0.1) is 0 Å². The molecule has 0 spiro atoms. The van der Waals surface area contributed by atoms with Gasteiger partial charge in [0.05, 0.1) is 13.2 Å². The minimum Gasteiger partial charge on any atom is -0.463 e. The molecule has 0 saturated heterocycles. The van der Waals surface area contributed by atoms with E-state index in [1.54, 1.807) is 0 Å². The van der Waals surface area contributed by atoms with E-state index in [1.165, 1.54) is 32.1 Å². The van der Waals surface area contributed by atoms with Crippen molar-refractivity contribution in [2.24, 2.45) is 0 Å². The lowest BCUT2D eigenvalue weighted by Crippen LogP contribution is -2.27. The van der Waals surface area contributed by atoms with Crippen LogP contribution in [0.25, 0.3) is 0 Å². The Morgan fingerprint density at radius 2 is 1.24 bits per heavy atom. The van der Waals surface area contributed by atoms with Crippen molar-refractivity contribution in [3.8, 4) is 0 Å². The molecule has 45 heavy (non-hydrogen) atoms. The highest BCUT2D eigenvalue weighted by Gasteiger charge is 2.23. The van der Waals surface area contributed by atoms with Crippen LogP contribution in [-0.2, 0) is 27.9 Å². The normalized spacial score (nSPS) is 14.0. The zero-order valence-electron chi connectivity index (χ0n) is 28.3. The number of unbranched alkanes of at least 4 members (excludes halogenated alkanes) is 13. The second kappa shape index (κ2) is 32.2. The van der Waals surface area contributed by atoms with Crippen LogP contribution >= 0.6 is 7.82 Å². The van der Waals surface area contributed by atoms with Crippen LogP contribution in [0.4, 0.5) is 0 Å². The number of phosphoric acid groups is 1. The van der Waals surface area contributed by atoms with Crippen LogP contribution in [0.5, 0.6) is 0 Å². The Morgan fingerprint density at radius 3 is 1.89 bits per heavy atom. The molecular formula is C35H64NO8P. The van der Waals surface area contributed by atoms with E-state index in [1.807, 2.05) is 0 Å². The number of hydrogen-bond acceptors (Lipinski definition) is 7. The summed E-state index contributed by atoms with van der Waals surface area (Å²) in [5.41, 5.74) is 0. The van der Waals surface area contributed by atoms with E-state index in [2.05, 4.69) is 55.6 Å². The molecular weight excluding hydrogens is 593 g/mol. The lowest BCUT2D eigenvalue weighted by Gasteiger charge is -2.15. The average Bonchev–Trinajstić information content (AvgIpc) is 3.02. The number of ether oxygens (including phenoxy) is 1. The lowest BCUT2D eigenvalue weighted by atomic mass is 10.1. The highest BCUT2D eigenvalue weighted by atomic mass is 31.2. The number of aliphatic hydroxyl groups is 1. The van der Waals surface area contributed by atoms with Crippen molar-refractivity contribution in [2.75, 3.05) is 26.4 Å². The van der Waals surface area contributed by atoms with Gasteiger partial charge in [0, 0.05) is 19.4 Å². The highest BCUT2D eigenvalue weighted by molar-refractivity contribution is 7.47. The van der Waals surface area contributed by atoms with Gasteiger partial charge in [0.25, 0.3) is 0 Å². The number of allylic oxidation sites excluding steroid dienone is 6. The summed E-state index contributed by atoms with van der Waals surface area (Å²) in [6, 6.07) is 0. The number of aliphatic hydroxyl groups excluding tert-OH is 1. The smallest absolute Gasteiger partial charge is 0.463 e. The summed E-state index contributed by atoms with van der Waals surface area (Å²) in [7, 11) is -4.41. The van der Waals surface area contributed by atoms with Crippen molar-refractivity contribution in [3.63, 3.8) is 0 Å². The Hall–Kier alpha value is -1.77. The molecule has 0 fully saturated rings. The Balaban J connectivity index is 3.68. The van der Waals surface area contributed by atoms with E-state index < -0.39 is 26.5 Å². The number of nitrogens with one attached hydrogen (secondary N) is 1. The number of phosphoric ester groups is 1. The van der Waals surface area contributed by atoms with Gasteiger partial charge in [-0.1, -0.05) is 108 Å². The van der Waals surface area contributed by atoms with Crippen LogP contribution in [-0.4, -0.2) is 54.3 Å². The molecule has 0 aliphatic heterocycles. The SMILES string of the molecule is CCC/C=C\C/C=C\CCCCCCCC(=O)OCC(O)COP(=O)(O)OCCNC(=O)CCCCCCC/C=C\CCCC. The number of carbonyl (C=O) groups is 2. The summed E-state index contributed by atoms with van der Waals surface area (Å²) in [6.07, 6.45) is 32.2. The molecule has 0 aromatic heterocycles. The Labute approximate surface area is 273 Å². The van der Waals surface area contributed by atoms with Crippen molar-refractivity contribution >= 4 is 19.7 Å². The summed E-state index contributed by atoms with van der Waals surface area (Å²) < 4.78 is 26.7. The standard InChI is InChI=1S/C35H64NO8P/c1-3-5-7-9-11-13-15-16-18-20-22-24-26-28-35(39)42-31-33(37)32-44-45(40,41)43-30-29-36-34(38)27-25-23-21-19-17-14-12-10-8-6-4-2/h7,9-10,12-13,15,33,37H,3-6,8,11,14,16-32H2,1-2H3,(H,36,38)(H,40,41)/b9-7-,12-10-,15-13-. The van der Waals surface area contributed by atoms with Crippen LogP contribution < -0.4 is 5.32 Å². The molecule has 0 aliphatic rings. The molecule has 1 amide bonds. The van der Waals surface area contributed by atoms with Gasteiger partial charge in [0.1, 0.15) is 12.7 Å². The van der Waals surface area contributed by atoms with Gasteiger partial charge < -0.3 is 20.1 Å². The number of hydrogen-bond donors (Lipinski definition) is 3. The minimum atomic E-state index is -4.41. The first kappa shape index (κ1) is 43.2. The fraction of sp³-hybridized carbons (Fsp3) is 0.771. The highest BCUT2D eigenvalue weighted by Crippen LogP contribution is 2.42. The summed E-state index contributed by atoms with van der Waals surface area (Å²) in [4.78, 5) is 33.6. The molecule has 0 aromatic carbocycles. The lowest BCUT2D eigenvalue weighted by molar-refractivity contribution is -0.147. The molecule has 0 aliphatic carbocycles. The molecule has 0 bridgehead atoms. The topological polar surface area (TPSA) is 131 Å². The third-order valence-corrected chi connectivity index (χ3v) is 8.01. The van der Waals surface area contributed by atoms with Crippen LogP contribution in [0.15, 0.2) is 36.5 Å².